The van der Waals surface area contributed by atoms with Gasteiger partial charge < -0.3 is 4.74 Å². The highest BCUT2D eigenvalue weighted by Gasteiger charge is 2.24. The third-order valence-corrected chi connectivity index (χ3v) is 4.29. The standard InChI is InChI=1S/C12H11ClF2O4S/c13-20(17,18)8-5-9(11(15)10(14)6-8)12(16)19-4-3-7-1-2-7/h5-7H,1-4H2. The number of ether oxygens (including phenoxy) is 1. The first kappa shape index (κ1) is 15.2. The van der Waals surface area contributed by atoms with E-state index in [-0.39, 0.29) is 6.61 Å². The van der Waals surface area contributed by atoms with Crippen molar-refractivity contribution in [3.8, 4) is 0 Å². The lowest BCUT2D eigenvalue weighted by Crippen LogP contribution is -2.11. The first-order valence-corrected chi connectivity index (χ1v) is 8.21. The molecule has 1 saturated carbocycles. The maximum absolute atomic E-state index is 13.5. The Bertz CT molecular complexity index is 641. The predicted molar refractivity (Wildman–Crippen MR) is 67.0 cm³/mol. The summed E-state index contributed by atoms with van der Waals surface area (Å²) in [5.74, 6) is -3.52. The summed E-state index contributed by atoms with van der Waals surface area (Å²) in [5.41, 5.74) is -0.778. The minimum atomic E-state index is -4.26. The number of halogens is 3. The van der Waals surface area contributed by atoms with Crippen LogP contribution >= 0.6 is 10.7 Å². The molecule has 0 unspecified atom stereocenters. The monoisotopic (exact) mass is 324 g/mol. The van der Waals surface area contributed by atoms with Gasteiger partial charge in [-0.3, -0.25) is 0 Å². The Morgan fingerprint density at radius 3 is 2.55 bits per heavy atom. The molecule has 0 N–H and O–H groups in total. The van der Waals surface area contributed by atoms with Crippen LogP contribution in [0.15, 0.2) is 17.0 Å². The van der Waals surface area contributed by atoms with E-state index in [0.29, 0.717) is 24.5 Å². The van der Waals surface area contributed by atoms with Gasteiger partial charge in [0.05, 0.1) is 17.1 Å². The summed E-state index contributed by atoms with van der Waals surface area (Å²) in [4.78, 5) is 10.9. The van der Waals surface area contributed by atoms with Gasteiger partial charge in [-0.2, -0.15) is 0 Å². The molecule has 1 aromatic rings. The van der Waals surface area contributed by atoms with Gasteiger partial charge in [-0.25, -0.2) is 22.0 Å². The van der Waals surface area contributed by atoms with E-state index in [1.807, 2.05) is 0 Å². The zero-order valence-electron chi connectivity index (χ0n) is 10.2. The van der Waals surface area contributed by atoms with Crippen LogP contribution in [0.2, 0.25) is 0 Å². The highest BCUT2D eigenvalue weighted by molar-refractivity contribution is 8.13. The molecule has 0 radical (unpaired) electrons. The second kappa shape index (κ2) is 5.65. The lowest BCUT2D eigenvalue weighted by atomic mass is 10.2. The van der Waals surface area contributed by atoms with Crippen molar-refractivity contribution in [3.05, 3.63) is 29.3 Å². The quantitative estimate of drug-likeness (QED) is 0.617. The van der Waals surface area contributed by atoms with E-state index < -0.39 is 37.1 Å². The van der Waals surface area contributed by atoms with Gasteiger partial charge >= 0.3 is 5.97 Å². The zero-order chi connectivity index (χ0) is 14.9. The van der Waals surface area contributed by atoms with Crippen molar-refractivity contribution in [2.45, 2.75) is 24.2 Å². The van der Waals surface area contributed by atoms with Gasteiger partial charge in [0, 0.05) is 10.7 Å². The van der Waals surface area contributed by atoms with Crippen LogP contribution in [0.4, 0.5) is 8.78 Å². The average molecular weight is 325 g/mol. The van der Waals surface area contributed by atoms with Crippen LogP contribution in [0.5, 0.6) is 0 Å². The summed E-state index contributed by atoms with van der Waals surface area (Å²) in [6, 6.07) is 1.08. The third-order valence-electron chi connectivity index (χ3n) is 2.96. The summed E-state index contributed by atoms with van der Waals surface area (Å²) < 4.78 is 53.8. The number of carbonyl (C=O) groups is 1. The molecule has 0 saturated heterocycles. The fourth-order valence-electron chi connectivity index (χ4n) is 1.66. The van der Waals surface area contributed by atoms with Crippen molar-refractivity contribution < 1.29 is 26.7 Å². The largest absolute Gasteiger partial charge is 0.462 e. The van der Waals surface area contributed by atoms with E-state index in [0.717, 1.165) is 12.8 Å². The highest BCUT2D eigenvalue weighted by Crippen LogP contribution is 2.32. The molecule has 0 spiro atoms. The minimum Gasteiger partial charge on any atom is -0.462 e. The molecule has 0 bridgehead atoms. The number of hydrogen-bond acceptors (Lipinski definition) is 4. The maximum Gasteiger partial charge on any atom is 0.341 e. The van der Waals surface area contributed by atoms with Crippen molar-refractivity contribution in [1.29, 1.82) is 0 Å². The van der Waals surface area contributed by atoms with E-state index in [1.54, 1.807) is 0 Å². The van der Waals surface area contributed by atoms with Gasteiger partial charge in [0.15, 0.2) is 11.6 Å². The molecular formula is C12H11ClF2O4S. The molecule has 1 aliphatic rings. The fraction of sp³-hybridized carbons (Fsp3) is 0.417. The van der Waals surface area contributed by atoms with Crippen LogP contribution in [0.1, 0.15) is 29.6 Å². The summed E-state index contributed by atoms with van der Waals surface area (Å²) >= 11 is 0. The first-order valence-electron chi connectivity index (χ1n) is 5.90. The van der Waals surface area contributed by atoms with Gasteiger partial charge in [-0.05, 0) is 24.5 Å². The van der Waals surface area contributed by atoms with Crippen LogP contribution in [-0.2, 0) is 13.8 Å². The molecule has 0 aliphatic heterocycles. The fourth-order valence-corrected chi connectivity index (χ4v) is 2.43. The Labute approximate surface area is 119 Å². The van der Waals surface area contributed by atoms with Crippen molar-refractivity contribution in [1.82, 2.24) is 0 Å². The van der Waals surface area contributed by atoms with Gasteiger partial charge in [0.25, 0.3) is 9.05 Å². The van der Waals surface area contributed by atoms with Gasteiger partial charge in [0.1, 0.15) is 0 Å². The Hall–Kier alpha value is -1.21. The van der Waals surface area contributed by atoms with E-state index in [2.05, 4.69) is 0 Å². The molecule has 8 heteroatoms. The second-order valence-corrected chi connectivity index (χ2v) is 7.14. The summed E-state index contributed by atoms with van der Waals surface area (Å²) in [6.07, 6.45) is 2.80. The molecule has 4 nitrogen and oxygen atoms in total. The van der Waals surface area contributed by atoms with Crippen LogP contribution in [0, 0.1) is 17.6 Å². The second-order valence-electron chi connectivity index (χ2n) is 4.57. The van der Waals surface area contributed by atoms with E-state index in [4.69, 9.17) is 15.4 Å². The Morgan fingerprint density at radius 1 is 1.35 bits per heavy atom. The van der Waals surface area contributed by atoms with Crippen molar-refractivity contribution in [3.63, 3.8) is 0 Å². The Balaban J connectivity index is 2.20. The SMILES string of the molecule is O=C(OCCC1CC1)c1cc(S(=O)(=O)Cl)cc(F)c1F. The predicted octanol–water partition coefficient (Wildman–Crippen LogP) is 2.85. The number of rotatable bonds is 5. The Kier molecular flexibility index (Phi) is 4.29. The number of carbonyl (C=O) groups excluding carboxylic acids is 1. The number of benzene rings is 1. The van der Waals surface area contributed by atoms with Crippen LogP contribution in [0.25, 0.3) is 0 Å². The molecule has 0 heterocycles. The lowest BCUT2D eigenvalue weighted by molar-refractivity contribution is 0.0488. The summed E-state index contributed by atoms with van der Waals surface area (Å²) in [5, 5.41) is 0. The number of esters is 1. The molecule has 20 heavy (non-hydrogen) atoms. The molecule has 2 rings (SSSR count). The molecule has 1 fully saturated rings. The van der Waals surface area contributed by atoms with Gasteiger partial charge in [-0.1, -0.05) is 12.8 Å². The third kappa shape index (κ3) is 3.67. The van der Waals surface area contributed by atoms with Gasteiger partial charge in [-0.15, -0.1) is 0 Å². The molecular weight excluding hydrogens is 314 g/mol. The maximum atomic E-state index is 13.5. The zero-order valence-corrected chi connectivity index (χ0v) is 11.8. The lowest BCUT2D eigenvalue weighted by Gasteiger charge is -2.07. The normalized spacial score (nSPS) is 15.2. The van der Waals surface area contributed by atoms with E-state index in [9.17, 15) is 22.0 Å². The van der Waals surface area contributed by atoms with Crippen LogP contribution < -0.4 is 0 Å². The molecule has 110 valence electrons. The minimum absolute atomic E-state index is 0.0857. The van der Waals surface area contributed by atoms with E-state index in [1.165, 1.54) is 0 Å². The molecule has 0 aromatic heterocycles. The average Bonchev–Trinajstić information content (AvgIpc) is 3.15. The molecule has 0 atom stereocenters. The molecule has 0 amide bonds. The van der Waals surface area contributed by atoms with Crippen molar-refractivity contribution in [2.24, 2.45) is 5.92 Å². The molecule has 1 aliphatic carbocycles. The summed E-state index contributed by atoms with van der Waals surface area (Å²) in [6.45, 7) is 0.0857. The highest BCUT2D eigenvalue weighted by atomic mass is 35.7. The molecule has 1 aromatic carbocycles. The van der Waals surface area contributed by atoms with Crippen molar-refractivity contribution >= 4 is 25.7 Å². The van der Waals surface area contributed by atoms with E-state index >= 15 is 0 Å². The summed E-state index contributed by atoms with van der Waals surface area (Å²) in [7, 11) is 0.780. The smallest absolute Gasteiger partial charge is 0.341 e. The number of hydrogen-bond donors (Lipinski definition) is 0. The first-order chi connectivity index (χ1) is 9.29. The Morgan fingerprint density at radius 2 is 2.00 bits per heavy atom. The topological polar surface area (TPSA) is 60.4 Å². The van der Waals surface area contributed by atoms with Crippen LogP contribution in [0.3, 0.4) is 0 Å². The van der Waals surface area contributed by atoms with Crippen LogP contribution in [-0.4, -0.2) is 21.0 Å². The van der Waals surface area contributed by atoms with Crippen molar-refractivity contribution in [2.75, 3.05) is 6.61 Å². The van der Waals surface area contributed by atoms with Gasteiger partial charge in [0.2, 0.25) is 0 Å².